The quantitative estimate of drug-likeness (QED) is 0.827. The second kappa shape index (κ2) is 7.20. The Morgan fingerprint density at radius 2 is 2.00 bits per heavy atom. The average Bonchev–Trinajstić information content (AvgIpc) is 2.61. The van der Waals surface area contributed by atoms with Gasteiger partial charge in [0.15, 0.2) is 5.78 Å². The second-order valence-electron chi connectivity index (χ2n) is 6.82. The molecule has 1 saturated heterocycles. The van der Waals surface area contributed by atoms with E-state index in [1.807, 2.05) is 25.1 Å². The fourth-order valence-electron chi connectivity index (χ4n) is 4.19. The third kappa shape index (κ3) is 3.23. The lowest BCUT2D eigenvalue weighted by molar-refractivity contribution is -0.132. The van der Waals surface area contributed by atoms with Crippen molar-refractivity contribution in [1.82, 2.24) is 4.90 Å². The lowest BCUT2D eigenvalue weighted by atomic mass is 9.69. The van der Waals surface area contributed by atoms with E-state index < -0.39 is 0 Å². The van der Waals surface area contributed by atoms with Gasteiger partial charge in [-0.3, -0.25) is 9.69 Å². The molecule has 1 aromatic carbocycles. The molecule has 0 unspecified atom stereocenters. The molecule has 1 heterocycles. The van der Waals surface area contributed by atoms with Crippen molar-refractivity contribution in [2.24, 2.45) is 11.8 Å². The summed E-state index contributed by atoms with van der Waals surface area (Å²) >= 11 is 0. The van der Waals surface area contributed by atoms with Gasteiger partial charge < -0.3 is 4.74 Å². The van der Waals surface area contributed by atoms with Gasteiger partial charge in [-0.25, -0.2) is 4.79 Å². The Hall–Kier alpha value is -2.10. The topological polar surface area (TPSA) is 46.6 Å². The molecule has 1 aliphatic carbocycles. The van der Waals surface area contributed by atoms with Crippen LogP contribution in [0.3, 0.4) is 0 Å². The van der Waals surface area contributed by atoms with Crippen LogP contribution in [0.5, 0.6) is 0 Å². The number of amides is 1. The third-order valence-electron chi connectivity index (χ3n) is 5.48. The number of Topliss-reactive ketones (excluding diaryl/α,β-unsaturated/α-hetero) is 1. The van der Waals surface area contributed by atoms with Crippen LogP contribution in [0.4, 0.5) is 4.79 Å². The largest absolute Gasteiger partial charge is 0.453 e. The standard InChI is InChI=1S/C20H25NO3/c1-14-19(22)13-17-16(12-11-15-7-4-3-5-8-15)9-6-10-18(17)21(14)20(23)24-2/h3-5,7-8,11-12,14,16-18H,6,9-10,13H2,1-2H3/b12-11+/t14-,16-,17-,18+/m0/s1. The van der Waals surface area contributed by atoms with E-state index in [1.54, 1.807) is 4.90 Å². The van der Waals surface area contributed by atoms with Gasteiger partial charge in [0.1, 0.15) is 0 Å². The summed E-state index contributed by atoms with van der Waals surface area (Å²) in [7, 11) is 1.39. The highest BCUT2D eigenvalue weighted by Gasteiger charge is 2.46. The van der Waals surface area contributed by atoms with Crippen LogP contribution in [0, 0.1) is 11.8 Å². The highest BCUT2D eigenvalue weighted by molar-refractivity contribution is 5.88. The van der Waals surface area contributed by atoms with Crippen molar-refractivity contribution in [2.75, 3.05) is 7.11 Å². The molecular formula is C20H25NO3. The number of allylic oxidation sites excluding steroid dienone is 1. The van der Waals surface area contributed by atoms with Crippen LogP contribution in [-0.2, 0) is 9.53 Å². The monoisotopic (exact) mass is 327 g/mol. The van der Waals surface area contributed by atoms with Gasteiger partial charge in [-0.1, -0.05) is 48.9 Å². The minimum atomic E-state index is -0.379. The molecule has 3 rings (SSSR count). The third-order valence-corrected chi connectivity index (χ3v) is 5.48. The van der Waals surface area contributed by atoms with Crippen LogP contribution in [0.2, 0.25) is 0 Å². The Morgan fingerprint density at radius 1 is 1.25 bits per heavy atom. The van der Waals surface area contributed by atoms with Crippen LogP contribution in [0.25, 0.3) is 6.08 Å². The van der Waals surface area contributed by atoms with Crippen LogP contribution in [0.1, 0.15) is 38.2 Å². The molecule has 4 atom stereocenters. The number of carbonyl (C=O) groups excluding carboxylic acids is 2. The summed E-state index contributed by atoms with van der Waals surface area (Å²) in [4.78, 5) is 26.3. The molecule has 1 amide bonds. The summed E-state index contributed by atoms with van der Waals surface area (Å²) in [6.45, 7) is 1.82. The highest BCUT2D eigenvalue weighted by atomic mass is 16.5. The van der Waals surface area contributed by atoms with Crippen LogP contribution in [-0.4, -0.2) is 36.0 Å². The minimum Gasteiger partial charge on any atom is -0.453 e. The lowest BCUT2D eigenvalue weighted by Gasteiger charge is -2.48. The van der Waals surface area contributed by atoms with Crippen molar-refractivity contribution in [3.63, 3.8) is 0 Å². The number of hydrogen-bond donors (Lipinski definition) is 0. The molecule has 0 radical (unpaired) electrons. The maximum absolute atomic E-state index is 12.4. The van der Waals surface area contributed by atoms with Crippen molar-refractivity contribution < 1.29 is 14.3 Å². The Morgan fingerprint density at radius 3 is 2.71 bits per heavy atom. The highest BCUT2D eigenvalue weighted by Crippen LogP contribution is 2.41. The van der Waals surface area contributed by atoms with E-state index in [-0.39, 0.29) is 29.9 Å². The zero-order chi connectivity index (χ0) is 17.1. The first-order chi connectivity index (χ1) is 11.6. The molecule has 24 heavy (non-hydrogen) atoms. The zero-order valence-electron chi connectivity index (χ0n) is 14.4. The van der Waals surface area contributed by atoms with Gasteiger partial charge in [0.2, 0.25) is 0 Å². The molecule has 2 aliphatic rings. The van der Waals surface area contributed by atoms with Gasteiger partial charge in [-0.15, -0.1) is 0 Å². The molecule has 0 spiro atoms. The minimum absolute atomic E-state index is 0.101. The van der Waals surface area contributed by atoms with E-state index in [0.717, 1.165) is 19.3 Å². The van der Waals surface area contributed by atoms with Crippen molar-refractivity contribution in [3.8, 4) is 0 Å². The molecule has 4 nitrogen and oxygen atoms in total. The molecule has 4 heteroatoms. The first kappa shape index (κ1) is 16.7. The molecule has 2 fully saturated rings. The number of benzene rings is 1. The molecular weight excluding hydrogens is 302 g/mol. The van der Waals surface area contributed by atoms with Crippen LogP contribution < -0.4 is 0 Å². The van der Waals surface area contributed by atoms with Gasteiger partial charge in [-0.05, 0) is 37.2 Å². The first-order valence-electron chi connectivity index (χ1n) is 8.74. The van der Waals surface area contributed by atoms with E-state index >= 15 is 0 Å². The molecule has 0 bridgehead atoms. The Kier molecular flexibility index (Phi) is 5.03. The number of fused-ring (bicyclic) bond motifs is 1. The summed E-state index contributed by atoms with van der Waals surface area (Å²) in [6, 6.07) is 9.92. The van der Waals surface area contributed by atoms with Gasteiger partial charge >= 0.3 is 6.09 Å². The van der Waals surface area contributed by atoms with Gasteiger partial charge in [0.05, 0.1) is 13.2 Å². The zero-order valence-corrected chi connectivity index (χ0v) is 14.4. The smallest absolute Gasteiger partial charge is 0.410 e. The average molecular weight is 327 g/mol. The Labute approximate surface area is 143 Å². The van der Waals surface area contributed by atoms with E-state index in [1.165, 1.54) is 12.7 Å². The van der Waals surface area contributed by atoms with Crippen molar-refractivity contribution in [3.05, 3.63) is 42.0 Å². The Balaban J connectivity index is 1.82. The maximum atomic E-state index is 12.4. The SMILES string of the molecule is COC(=O)N1[C@@H]2CCC[C@@H](/C=C/c3ccccc3)[C@@H]2CC(=O)[C@@H]1C. The van der Waals surface area contributed by atoms with E-state index in [4.69, 9.17) is 4.74 Å². The number of nitrogens with zero attached hydrogens (tertiary/aromatic N) is 1. The summed E-state index contributed by atoms with van der Waals surface area (Å²) in [5.74, 6) is 0.663. The number of carbonyl (C=O) groups is 2. The summed E-state index contributed by atoms with van der Waals surface area (Å²) in [5, 5.41) is 0. The molecule has 1 saturated carbocycles. The summed E-state index contributed by atoms with van der Waals surface area (Å²) in [6.07, 6.45) is 7.64. The normalized spacial score (nSPS) is 30.2. The van der Waals surface area contributed by atoms with Crippen molar-refractivity contribution in [1.29, 1.82) is 0 Å². The van der Waals surface area contributed by atoms with Crippen molar-refractivity contribution in [2.45, 2.75) is 44.7 Å². The fraction of sp³-hybridized carbons (Fsp3) is 0.500. The van der Waals surface area contributed by atoms with Crippen molar-refractivity contribution >= 4 is 18.0 Å². The number of rotatable bonds is 2. The van der Waals surface area contributed by atoms with E-state index in [0.29, 0.717) is 12.3 Å². The number of methoxy groups -OCH3 is 1. The van der Waals surface area contributed by atoms with Crippen LogP contribution in [0.15, 0.2) is 36.4 Å². The van der Waals surface area contributed by atoms with Crippen LogP contribution >= 0.6 is 0 Å². The Bertz CT molecular complexity index is 625. The molecule has 0 N–H and O–H groups in total. The van der Waals surface area contributed by atoms with Gasteiger partial charge in [-0.2, -0.15) is 0 Å². The number of ether oxygens (including phenoxy) is 1. The number of hydrogen-bond acceptors (Lipinski definition) is 3. The number of ketones is 1. The molecule has 1 aromatic rings. The lowest BCUT2D eigenvalue weighted by Crippen LogP contribution is -2.59. The molecule has 128 valence electrons. The summed E-state index contributed by atoms with van der Waals surface area (Å²) < 4.78 is 4.94. The second-order valence-corrected chi connectivity index (χ2v) is 6.82. The summed E-state index contributed by atoms with van der Waals surface area (Å²) in [5.41, 5.74) is 1.17. The van der Waals surface area contributed by atoms with Gasteiger partial charge in [0, 0.05) is 12.5 Å². The molecule has 0 aromatic heterocycles. The predicted octanol–water partition coefficient (Wildman–Crippen LogP) is 3.91. The predicted molar refractivity (Wildman–Crippen MR) is 93.4 cm³/mol. The van der Waals surface area contributed by atoms with E-state index in [2.05, 4.69) is 24.3 Å². The van der Waals surface area contributed by atoms with E-state index in [9.17, 15) is 9.59 Å². The number of piperidine rings is 1. The fourth-order valence-corrected chi connectivity index (χ4v) is 4.19. The number of likely N-dealkylation sites (tertiary alicyclic amines) is 1. The molecule has 1 aliphatic heterocycles. The first-order valence-corrected chi connectivity index (χ1v) is 8.74. The van der Waals surface area contributed by atoms with Gasteiger partial charge in [0.25, 0.3) is 0 Å². The maximum Gasteiger partial charge on any atom is 0.410 e.